The summed E-state index contributed by atoms with van der Waals surface area (Å²) in [5, 5.41) is 6.82. The Bertz CT molecular complexity index is 649. The second-order valence-corrected chi connectivity index (χ2v) is 8.61. The van der Waals surface area contributed by atoms with Gasteiger partial charge in [-0.3, -0.25) is 0 Å². The van der Waals surface area contributed by atoms with Gasteiger partial charge >= 0.3 is 0 Å². The third-order valence-electron chi connectivity index (χ3n) is 3.86. The lowest BCUT2D eigenvalue weighted by molar-refractivity contribution is 0.304. The minimum Gasteiger partial charge on any atom is -0.355 e. The Hall–Kier alpha value is 0.330. The molecule has 0 aliphatic carbocycles. The van der Waals surface area contributed by atoms with Crippen molar-refractivity contribution in [2.24, 2.45) is 0 Å². The van der Waals surface area contributed by atoms with Gasteiger partial charge in [-0.05, 0) is 83.2 Å². The van der Waals surface area contributed by atoms with Crippen LogP contribution in [-0.2, 0) is 0 Å². The summed E-state index contributed by atoms with van der Waals surface area (Å²) in [6.45, 7) is 6.36. The summed E-state index contributed by atoms with van der Waals surface area (Å²) in [6, 6.07) is 0. The van der Waals surface area contributed by atoms with E-state index in [4.69, 9.17) is 0 Å². The van der Waals surface area contributed by atoms with Crippen LogP contribution in [0.1, 0.15) is 6.42 Å². The highest BCUT2D eigenvalue weighted by Gasteiger charge is 2.17. The van der Waals surface area contributed by atoms with Gasteiger partial charge in [0.2, 0.25) is 5.95 Å². The van der Waals surface area contributed by atoms with Crippen molar-refractivity contribution in [3.8, 4) is 0 Å². The second kappa shape index (κ2) is 8.14. The van der Waals surface area contributed by atoms with E-state index in [9.17, 15) is 0 Å². The van der Waals surface area contributed by atoms with Crippen molar-refractivity contribution in [3.05, 3.63) is 17.9 Å². The molecule has 126 valence electrons. The molecule has 0 bridgehead atoms. The molecule has 1 aliphatic rings. The Kier molecular flexibility index (Phi) is 6.42. The van der Waals surface area contributed by atoms with E-state index in [1.807, 2.05) is 0 Å². The van der Waals surface area contributed by atoms with Crippen LogP contribution in [0.2, 0.25) is 0 Å². The number of anilines is 1. The normalized spacial score (nSPS) is 16.7. The first-order chi connectivity index (χ1) is 11.1. The number of aromatic nitrogens is 2. The maximum absolute atomic E-state index is 4.65. The van der Waals surface area contributed by atoms with Crippen molar-refractivity contribution in [1.82, 2.24) is 20.2 Å². The summed E-state index contributed by atoms with van der Waals surface area (Å²) in [6.07, 6.45) is 1.21. The Balaban J connectivity index is 1.69. The zero-order valence-corrected chi connectivity index (χ0v) is 18.7. The van der Waals surface area contributed by atoms with E-state index in [0.717, 1.165) is 74.1 Å². The first kappa shape index (κ1) is 18.1. The van der Waals surface area contributed by atoms with Crippen molar-refractivity contribution in [2.75, 3.05) is 44.6 Å². The largest absolute Gasteiger partial charge is 0.355 e. The molecule has 2 aromatic rings. The summed E-state index contributed by atoms with van der Waals surface area (Å²) in [4.78, 5) is 10.5. The average molecular weight is 575 g/mol. The molecule has 5 nitrogen and oxygen atoms in total. The quantitative estimate of drug-likeness (QED) is 0.376. The van der Waals surface area contributed by atoms with Gasteiger partial charge < -0.3 is 20.5 Å². The highest BCUT2D eigenvalue weighted by molar-refractivity contribution is 9.15. The molecular weight excluding hydrogens is 558 g/mol. The molecule has 0 unspecified atom stereocenters. The first-order valence-corrected chi connectivity index (χ1v) is 10.6. The number of rotatable bonds is 4. The number of nitrogens with one attached hydrogen (secondary N) is 3. The molecule has 23 heavy (non-hydrogen) atoms. The number of halogens is 4. The van der Waals surface area contributed by atoms with Crippen LogP contribution in [0.25, 0.3) is 11.0 Å². The molecule has 0 amide bonds. The Morgan fingerprint density at radius 2 is 1.78 bits per heavy atom. The number of hydrogen-bond donors (Lipinski definition) is 3. The SMILES string of the molecule is Brc1c(Br)c(Br)c2[nH]c(NCCN3CCCNCC3)nc2c1Br. The van der Waals surface area contributed by atoms with E-state index < -0.39 is 0 Å². The van der Waals surface area contributed by atoms with Gasteiger partial charge in [0.25, 0.3) is 0 Å². The van der Waals surface area contributed by atoms with Gasteiger partial charge in [0.05, 0.1) is 14.5 Å². The van der Waals surface area contributed by atoms with E-state index in [-0.39, 0.29) is 0 Å². The van der Waals surface area contributed by atoms with Crippen molar-refractivity contribution in [1.29, 1.82) is 0 Å². The third kappa shape index (κ3) is 4.12. The van der Waals surface area contributed by atoms with Crippen LogP contribution in [0.4, 0.5) is 5.95 Å². The molecule has 0 saturated carbocycles. The molecular formula is C14H17Br4N5. The van der Waals surface area contributed by atoms with E-state index >= 15 is 0 Å². The molecule has 1 aromatic heterocycles. The standard InChI is InChI=1S/C14H17Br4N5/c15-8-9(16)11(18)13-12(10(8)17)21-14(22-13)20-4-7-23-5-1-2-19-3-6-23/h19H,1-7H2,(H2,20,21,22). The zero-order chi connectivity index (χ0) is 16.4. The van der Waals surface area contributed by atoms with E-state index in [0.29, 0.717) is 0 Å². The van der Waals surface area contributed by atoms with E-state index in [1.54, 1.807) is 0 Å². The van der Waals surface area contributed by atoms with Crippen LogP contribution in [0.15, 0.2) is 17.9 Å². The molecule has 9 heteroatoms. The Labute approximate surface area is 168 Å². The fraction of sp³-hybridized carbons (Fsp3) is 0.500. The Morgan fingerprint density at radius 3 is 2.61 bits per heavy atom. The van der Waals surface area contributed by atoms with Crippen LogP contribution in [0.3, 0.4) is 0 Å². The molecule has 1 saturated heterocycles. The van der Waals surface area contributed by atoms with Gasteiger partial charge in [-0.15, -0.1) is 0 Å². The maximum atomic E-state index is 4.65. The van der Waals surface area contributed by atoms with Crippen molar-refractivity contribution >= 4 is 80.7 Å². The first-order valence-electron chi connectivity index (χ1n) is 7.46. The fourth-order valence-electron chi connectivity index (χ4n) is 2.64. The smallest absolute Gasteiger partial charge is 0.201 e. The summed E-state index contributed by atoms with van der Waals surface area (Å²) >= 11 is 14.3. The number of imidazole rings is 1. The van der Waals surface area contributed by atoms with E-state index in [1.165, 1.54) is 6.42 Å². The lowest BCUT2D eigenvalue weighted by atomic mass is 10.3. The van der Waals surface area contributed by atoms with Gasteiger partial charge in [0.1, 0.15) is 5.52 Å². The van der Waals surface area contributed by atoms with E-state index in [2.05, 4.69) is 89.2 Å². The summed E-state index contributed by atoms with van der Waals surface area (Å²) in [5.41, 5.74) is 1.86. The molecule has 3 rings (SSSR count). The van der Waals surface area contributed by atoms with Gasteiger partial charge in [-0.25, -0.2) is 4.98 Å². The van der Waals surface area contributed by atoms with Gasteiger partial charge in [0.15, 0.2) is 0 Å². The number of nitrogens with zero attached hydrogens (tertiary/aromatic N) is 2. The molecule has 3 N–H and O–H groups in total. The molecule has 0 spiro atoms. The molecule has 1 fully saturated rings. The minimum atomic E-state index is 0.791. The zero-order valence-electron chi connectivity index (χ0n) is 12.4. The summed E-state index contributed by atoms with van der Waals surface area (Å²) in [5.74, 6) is 0.791. The number of H-pyrrole nitrogens is 1. The minimum absolute atomic E-state index is 0.791. The van der Waals surface area contributed by atoms with Crippen LogP contribution in [0.5, 0.6) is 0 Å². The van der Waals surface area contributed by atoms with Crippen LogP contribution in [0, 0.1) is 0 Å². The fourth-order valence-corrected chi connectivity index (χ4v) is 4.92. The number of benzene rings is 1. The van der Waals surface area contributed by atoms with Crippen LogP contribution < -0.4 is 10.6 Å². The highest BCUT2D eigenvalue weighted by atomic mass is 79.9. The topological polar surface area (TPSA) is 56.0 Å². The van der Waals surface area contributed by atoms with Crippen molar-refractivity contribution < 1.29 is 0 Å². The second-order valence-electron chi connectivity index (χ2n) is 5.44. The van der Waals surface area contributed by atoms with Gasteiger partial charge in [0, 0.05) is 35.1 Å². The van der Waals surface area contributed by atoms with Crippen molar-refractivity contribution in [3.63, 3.8) is 0 Å². The number of hydrogen-bond acceptors (Lipinski definition) is 4. The molecule has 1 aliphatic heterocycles. The highest BCUT2D eigenvalue weighted by Crippen LogP contribution is 2.42. The average Bonchev–Trinajstić information content (AvgIpc) is 2.80. The van der Waals surface area contributed by atoms with Crippen LogP contribution >= 0.6 is 63.7 Å². The number of fused-ring (bicyclic) bond motifs is 1. The van der Waals surface area contributed by atoms with Gasteiger partial charge in [-0.1, -0.05) is 0 Å². The summed E-state index contributed by atoms with van der Waals surface area (Å²) in [7, 11) is 0. The lowest BCUT2D eigenvalue weighted by Crippen LogP contribution is -2.32. The predicted molar refractivity (Wildman–Crippen MR) is 109 cm³/mol. The van der Waals surface area contributed by atoms with Gasteiger partial charge in [-0.2, -0.15) is 0 Å². The van der Waals surface area contributed by atoms with Crippen molar-refractivity contribution in [2.45, 2.75) is 6.42 Å². The molecule has 0 atom stereocenters. The monoisotopic (exact) mass is 571 g/mol. The number of aromatic amines is 1. The summed E-state index contributed by atoms with van der Waals surface area (Å²) < 4.78 is 3.81. The Morgan fingerprint density at radius 1 is 1.00 bits per heavy atom. The van der Waals surface area contributed by atoms with Crippen LogP contribution in [-0.4, -0.2) is 54.1 Å². The molecule has 1 aromatic carbocycles. The molecule has 0 radical (unpaired) electrons. The maximum Gasteiger partial charge on any atom is 0.201 e. The third-order valence-corrected chi connectivity index (χ3v) is 8.61. The lowest BCUT2D eigenvalue weighted by Gasteiger charge is -2.19. The molecule has 2 heterocycles. The predicted octanol–water partition coefficient (Wildman–Crippen LogP) is 4.32.